The number of carbonyl (C=O) groups excluding carboxylic acids is 1. The number of thiazole rings is 1. The normalized spacial score (nSPS) is 14.5. The van der Waals surface area contributed by atoms with E-state index in [9.17, 15) is 13.2 Å². The third-order valence-electron chi connectivity index (χ3n) is 4.81. The van der Waals surface area contributed by atoms with Gasteiger partial charge < -0.3 is 10.1 Å². The molecule has 0 saturated carbocycles. The summed E-state index contributed by atoms with van der Waals surface area (Å²) >= 11 is 1.41. The number of rotatable bonds is 7. The van der Waals surface area contributed by atoms with Crippen LogP contribution in [0.5, 0.6) is 10.9 Å². The molecule has 3 aromatic rings. The molecule has 2 aromatic carbocycles. The van der Waals surface area contributed by atoms with Crippen LogP contribution in [0.4, 0.5) is 0 Å². The van der Waals surface area contributed by atoms with Crippen molar-refractivity contribution in [3.05, 3.63) is 71.2 Å². The third-order valence-corrected chi connectivity index (χ3v) is 7.37. The summed E-state index contributed by atoms with van der Waals surface area (Å²) in [6.07, 6.45) is 3.45. The zero-order valence-corrected chi connectivity index (χ0v) is 17.8. The van der Waals surface area contributed by atoms with Crippen molar-refractivity contribution in [1.29, 1.82) is 0 Å². The minimum absolute atomic E-state index is 0.219. The molecule has 0 radical (unpaired) electrons. The van der Waals surface area contributed by atoms with Gasteiger partial charge in [0.15, 0.2) is 0 Å². The maximum Gasteiger partial charge on any atom is 0.278 e. The molecular weight excluding hydrogens is 422 g/mol. The average molecular weight is 444 g/mol. The topological polar surface area (TPSA) is 88.6 Å². The Morgan fingerprint density at radius 1 is 1.07 bits per heavy atom. The molecule has 1 amide bonds. The second-order valence-electron chi connectivity index (χ2n) is 6.86. The molecule has 1 aliphatic rings. The summed E-state index contributed by atoms with van der Waals surface area (Å²) in [4.78, 5) is 16.7. The highest BCUT2D eigenvalue weighted by atomic mass is 32.2. The monoisotopic (exact) mass is 443 g/mol. The highest BCUT2D eigenvalue weighted by Crippen LogP contribution is 2.24. The lowest BCUT2D eigenvalue weighted by Gasteiger charge is -2.15. The van der Waals surface area contributed by atoms with Crippen LogP contribution in [0.3, 0.4) is 0 Å². The van der Waals surface area contributed by atoms with Crippen LogP contribution in [-0.4, -0.2) is 36.7 Å². The predicted octanol–water partition coefficient (Wildman–Crippen LogP) is 3.65. The smallest absolute Gasteiger partial charge is 0.278 e. The molecule has 1 saturated heterocycles. The van der Waals surface area contributed by atoms with Crippen LogP contribution in [0, 0.1) is 0 Å². The molecule has 1 fully saturated rings. The fourth-order valence-corrected chi connectivity index (χ4v) is 5.20. The van der Waals surface area contributed by atoms with Crippen molar-refractivity contribution >= 4 is 27.3 Å². The Morgan fingerprint density at radius 2 is 1.77 bits per heavy atom. The van der Waals surface area contributed by atoms with E-state index in [0.29, 0.717) is 36.1 Å². The van der Waals surface area contributed by atoms with Gasteiger partial charge in [0.25, 0.3) is 11.1 Å². The summed E-state index contributed by atoms with van der Waals surface area (Å²) in [6.45, 7) is 1.46. The van der Waals surface area contributed by atoms with E-state index in [1.165, 1.54) is 27.8 Å². The fourth-order valence-electron chi connectivity index (χ4n) is 3.18. The number of aromatic nitrogens is 1. The number of benzene rings is 2. The van der Waals surface area contributed by atoms with Gasteiger partial charge in [0.2, 0.25) is 10.0 Å². The van der Waals surface area contributed by atoms with E-state index < -0.39 is 10.0 Å². The summed E-state index contributed by atoms with van der Waals surface area (Å²) in [6, 6.07) is 13.5. The van der Waals surface area contributed by atoms with Crippen molar-refractivity contribution in [1.82, 2.24) is 14.6 Å². The van der Waals surface area contributed by atoms with Crippen LogP contribution in [-0.2, 0) is 16.6 Å². The predicted molar refractivity (Wildman–Crippen MR) is 114 cm³/mol. The van der Waals surface area contributed by atoms with E-state index in [2.05, 4.69) is 10.3 Å². The fraction of sp³-hybridized carbons (Fsp3) is 0.238. The first-order valence-electron chi connectivity index (χ1n) is 9.57. The zero-order valence-electron chi connectivity index (χ0n) is 16.2. The number of nitrogens with one attached hydrogen (secondary N) is 1. The third kappa shape index (κ3) is 4.69. The van der Waals surface area contributed by atoms with Gasteiger partial charge in [-0.3, -0.25) is 4.79 Å². The number of nitrogens with zero attached hydrogens (tertiary/aromatic N) is 2. The molecule has 0 spiro atoms. The van der Waals surface area contributed by atoms with Gasteiger partial charge in [0.1, 0.15) is 5.75 Å². The molecule has 30 heavy (non-hydrogen) atoms. The summed E-state index contributed by atoms with van der Waals surface area (Å²) < 4.78 is 32.2. The molecule has 7 nitrogen and oxygen atoms in total. The quantitative estimate of drug-likeness (QED) is 0.602. The van der Waals surface area contributed by atoms with Crippen molar-refractivity contribution < 1.29 is 17.9 Å². The largest absolute Gasteiger partial charge is 0.431 e. The van der Waals surface area contributed by atoms with Gasteiger partial charge >= 0.3 is 0 Å². The van der Waals surface area contributed by atoms with Crippen molar-refractivity contribution in [3.63, 3.8) is 0 Å². The van der Waals surface area contributed by atoms with Gasteiger partial charge in [0, 0.05) is 36.8 Å². The second kappa shape index (κ2) is 8.95. The first-order valence-corrected chi connectivity index (χ1v) is 11.9. The van der Waals surface area contributed by atoms with E-state index in [1.807, 2.05) is 29.6 Å². The molecule has 4 rings (SSSR count). The maximum atomic E-state index is 12.6. The van der Waals surface area contributed by atoms with Crippen molar-refractivity contribution in [2.75, 3.05) is 13.1 Å². The Balaban J connectivity index is 1.33. The summed E-state index contributed by atoms with van der Waals surface area (Å²) in [5.41, 5.74) is 1.34. The zero-order chi connectivity index (χ0) is 21.0. The molecule has 0 atom stereocenters. The molecule has 2 heterocycles. The molecule has 9 heteroatoms. The Kier molecular flexibility index (Phi) is 6.12. The molecule has 156 valence electrons. The highest BCUT2D eigenvalue weighted by molar-refractivity contribution is 7.89. The van der Waals surface area contributed by atoms with E-state index in [-0.39, 0.29) is 10.8 Å². The van der Waals surface area contributed by atoms with Crippen molar-refractivity contribution in [2.45, 2.75) is 24.3 Å². The second-order valence-corrected chi connectivity index (χ2v) is 9.66. The standard InChI is InChI=1S/C21H21N3O4S2/c25-20(17-5-9-19(10-6-17)30(26,27)24-12-1-2-13-24)23-15-16-3-7-18(8-4-16)28-21-22-11-14-29-21/h3-11,14H,1-2,12-13,15H2,(H,23,25). The lowest BCUT2D eigenvalue weighted by molar-refractivity contribution is 0.0951. The molecule has 1 aromatic heterocycles. The lowest BCUT2D eigenvalue weighted by Crippen LogP contribution is -2.28. The van der Waals surface area contributed by atoms with E-state index in [4.69, 9.17) is 4.74 Å². The minimum Gasteiger partial charge on any atom is -0.431 e. The van der Waals surface area contributed by atoms with E-state index >= 15 is 0 Å². The Hall–Kier alpha value is -2.75. The molecule has 1 N–H and O–H groups in total. The average Bonchev–Trinajstić information content (AvgIpc) is 3.48. The molecule has 0 aliphatic carbocycles. The van der Waals surface area contributed by atoms with Crippen molar-refractivity contribution in [3.8, 4) is 10.9 Å². The number of amides is 1. The number of sulfonamides is 1. The van der Waals surface area contributed by atoms with Gasteiger partial charge in [-0.15, -0.1) is 0 Å². The molecule has 0 bridgehead atoms. The first-order chi connectivity index (χ1) is 14.5. The number of hydrogen-bond acceptors (Lipinski definition) is 6. The molecule has 1 aliphatic heterocycles. The summed E-state index contributed by atoms with van der Waals surface area (Å²) in [5, 5.41) is 5.26. The van der Waals surface area contributed by atoms with E-state index in [0.717, 1.165) is 18.4 Å². The van der Waals surface area contributed by atoms with Gasteiger partial charge in [0.05, 0.1) is 4.90 Å². The number of ether oxygens (including phenoxy) is 1. The van der Waals surface area contributed by atoms with Crippen LogP contribution >= 0.6 is 11.3 Å². The minimum atomic E-state index is -3.47. The SMILES string of the molecule is O=C(NCc1ccc(Oc2nccs2)cc1)c1ccc(S(=O)(=O)N2CCCC2)cc1. The Morgan fingerprint density at radius 3 is 2.40 bits per heavy atom. The summed E-state index contributed by atoms with van der Waals surface area (Å²) in [5.74, 6) is 0.415. The maximum absolute atomic E-state index is 12.6. The number of hydrogen-bond donors (Lipinski definition) is 1. The Bertz CT molecular complexity index is 1090. The molecular formula is C21H21N3O4S2. The van der Waals surface area contributed by atoms with Gasteiger partial charge in [-0.05, 0) is 54.8 Å². The van der Waals surface area contributed by atoms with E-state index in [1.54, 1.807) is 18.3 Å². The molecule has 0 unspecified atom stereocenters. The Labute approximate surface area is 179 Å². The highest BCUT2D eigenvalue weighted by Gasteiger charge is 2.27. The van der Waals surface area contributed by atoms with Gasteiger partial charge in [-0.2, -0.15) is 4.31 Å². The lowest BCUT2D eigenvalue weighted by atomic mass is 10.2. The van der Waals surface area contributed by atoms with Crippen LogP contribution in [0.2, 0.25) is 0 Å². The number of carbonyl (C=O) groups is 1. The van der Waals surface area contributed by atoms with Gasteiger partial charge in [-0.1, -0.05) is 23.5 Å². The van der Waals surface area contributed by atoms with Gasteiger partial charge in [-0.25, -0.2) is 13.4 Å². The van der Waals surface area contributed by atoms with Crippen LogP contribution in [0.1, 0.15) is 28.8 Å². The summed E-state index contributed by atoms with van der Waals surface area (Å²) in [7, 11) is -3.47. The van der Waals surface area contributed by atoms with Crippen LogP contribution in [0.15, 0.2) is 65.0 Å². The van der Waals surface area contributed by atoms with Crippen molar-refractivity contribution in [2.24, 2.45) is 0 Å². The van der Waals surface area contributed by atoms with Crippen LogP contribution < -0.4 is 10.1 Å². The first kappa shape index (κ1) is 20.5. The van der Waals surface area contributed by atoms with Crippen LogP contribution in [0.25, 0.3) is 0 Å².